The zero-order chi connectivity index (χ0) is 15.7. The van der Waals surface area contributed by atoms with Crippen molar-refractivity contribution >= 4 is 15.5 Å². The fourth-order valence-electron chi connectivity index (χ4n) is 2.18. The van der Waals surface area contributed by atoms with Crippen molar-refractivity contribution < 1.29 is 13.2 Å². The first-order valence-corrected chi connectivity index (χ1v) is 8.68. The number of imidazole rings is 1. The van der Waals surface area contributed by atoms with E-state index in [9.17, 15) is 8.42 Å². The highest BCUT2D eigenvalue weighted by molar-refractivity contribution is 7.90. The van der Waals surface area contributed by atoms with E-state index in [1.54, 1.807) is 18.2 Å². The molecule has 3 rings (SSSR count). The van der Waals surface area contributed by atoms with Gasteiger partial charge in [0, 0.05) is 18.6 Å². The number of nitrogens with zero attached hydrogens (tertiary/aromatic N) is 2. The van der Waals surface area contributed by atoms with Gasteiger partial charge >= 0.3 is 0 Å². The van der Waals surface area contributed by atoms with Crippen LogP contribution in [-0.2, 0) is 16.4 Å². The highest BCUT2D eigenvalue weighted by atomic mass is 32.2. The van der Waals surface area contributed by atoms with Crippen molar-refractivity contribution in [1.29, 1.82) is 0 Å². The molecule has 5 nitrogen and oxygen atoms in total. The highest BCUT2D eigenvalue weighted by Gasteiger charge is 2.08. The molecule has 0 fully saturated rings. The number of pyridine rings is 1. The molecule has 2 aromatic heterocycles. The van der Waals surface area contributed by atoms with Crippen LogP contribution in [0.25, 0.3) is 5.65 Å². The molecular weight excluding hydrogens is 300 g/mol. The summed E-state index contributed by atoms with van der Waals surface area (Å²) < 4.78 is 30.7. The maximum atomic E-state index is 11.5. The number of aromatic nitrogens is 2. The van der Waals surface area contributed by atoms with Crippen LogP contribution in [0.5, 0.6) is 5.75 Å². The van der Waals surface area contributed by atoms with Gasteiger partial charge in [-0.15, -0.1) is 0 Å². The molecular formula is C16H16N2O3S. The first-order valence-electron chi connectivity index (χ1n) is 6.79. The molecule has 1 aromatic carbocycles. The Bertz CT molecular complexity index is 929. The van der Waals surface area contributed by atoms with Crippen LogP contribution >= 0.6 is 0 Å². The van der Waals surface area contributed by atoms with Crippen molar-refractivity contribution in [3.05, 3.63) is 60.0 Å². The van der Waals surface area contributed by atoms with Crippen molar-refractivity contribution in [2.45, 2.75) is 18.4 Å². The summed E-state index contributed by atoms with van der Waals surface area (Å²) >= 11 is 0. The van der Waals surface area contributed by atoms with Gasteiger partial charge < -0.3 is 9.14 Å². The van der Waals surface area contributed by atoms with Crippen molar-refractivity contribution in [1.82, 2.24) is 9.38 Å². The number of hydrogen-bond acceptors (Lipinski definition) is 4. The minimum Gasteiger partial charge on any atom is -0.487 e. The Kier molecular flexibility index (Phi) is 3.62. The van der Waals surface area contributed by atoms with Gasteiger partial charge in [-0.1, -0.05) is 12.1 Å². The summed E-state index contributed by atoms with van der Waals surface area (Å²) in [5.41, 5.74) is 2.79. The third-order valence-electron chi connectivity index (χ3n) is 3.27. The van der Waals surface area contributed by atoms with Crippen molar-refractivity contribution in [3.63, 3.8) is 0 Å². The molecule has 0 N–H and O–H groups in total. The van der Waals surface area contributed by atoms with Crippen LogP contribution in [0.15, 0.2) is 53.7 Å². The zero-order valence-corrected chi connectivity index (χ0v) is 13.2. The largest absolute Gasteiger partial charge is 0.487 e. The van der Waals surface area contributed by atoms with Crippen LogP contribution in [0.4, 0.5) is 0 Å². The van der Waals surface area contributed by atoms with Crippen molar-refractivity contribution in [2.24, 2.45) is 0 Å². The second kappa shape index (κ2) is 5.46. The molecule has 0 spiro atoms. The molecule has 0 atom stereocenters. The average Bonchev–Trinajstić information content (AvgIpc) is 2.86. The second-order valence-corrected chi connectivity index (χ2v) is 7.26. The Hall–Kier alpha value is -2.34. The maximum Gasteiger partial charge on any atom is 0.175 e. The Morgan fingerprint density at radius 1 is 1.18 bits per heavy atom. The Morgan fingerprint density at radius 2 is 2.00 bits per heavy atom. The first-order chi connectivity index (χ1) is 10.4. The van der Waals surface area contributed by atoms with E-state index in [0.717, 1.165) is 16.9 Å². The van der Waals surface area contributed by atoms with Gasteiger partial charge in [-0.05, 0) is 36.8 Å². The topological polar surface area (TPSA) is 60.7 Å². The number of benzene rings is 1. The van der Waals surface area contributed by atoms with Gasteiger partial charge in [0.2, 0.25) is 0 Å². The third-order valence-corrected chi connectivity index (χ3v) is 4.38. The van der Waals surface area contributed by atoms with Gasteiger partial charge in [0.05, 0.1) is 10.6 Å². The van der Waals surface area contributed by atoms with E-state index < -0.39 is 9.84 Å². The molecule has 6 heteroatoms. The zero-order valence-electron chi connectivity index (χ0n) is 12.4. The molecule has 0 bridgehead atoms. The summed E-state index contributed by atoms with van der Waals surface area (Å²) in [6.07, 6.45) is 5.08. The standard InChI is InChI=1S/C16H16N2O3S/c1-12-6-7-16-17-13(10-18(16)9-12)11-21-14-4-3-5-15(8-14)22(2,19)20/h3-10H,11H2,1-2H3. The van der Waals surface area contributed by atoms with Crippen LogP contribution in [0.2, 0.25) is 0 Å². The minimum absolute atomic E-state index is 0.246. The Balaban J connectivity index is 1.79. The first kappa shape index (κ1) is 14.6. The molecule has 0 amide bonds. The average molecular weight is 316 g/mol. The molecule has 0 saturated carbocycles. The summed E-state index contributed by atoms with van der Waals surface area (Å²) in [4.78, 5) is 4.71. The van der Waals surface area contributed by atoms with E-state index in [-0.39, 0.29) is 11.5 Å². The van der Waals surface area contributed by atoms with Gasteiger partial charge in [-0.2, -0.15) is 0 Å². The summed E-state index contributed by atoms with van der Waals surface area (Å²) in [5, 5.41) is 0. The van der Waals surface area contributed by atoms with Gasteiger partial charge in [0.1, 0.15) is 18.0 Å². The predicted molar refractivity (Wildman–Crippen MR) is 83.8 cm³/mol. The van der Waals surface area contributed by atoms with Crippen molar-refractivity contribution in [2.75, 3.05) is 6.26 Å². The second-order valence-electron chi connectivity index (χ2n) is 5.24. The van der Waals surface area contributed by atoms with E-state index in [1.807, 2.05) is 35.9 Å². The van der Waals surface area contributed by atoms with Gasteiger partial charge in [-0.25, -0.2) is 13.4 Å². The fraction of sp³-hybridized carbons (Fsp3) is 0.188. The number of rotatable bonds is 4. The lowest BCUT2D eigenvalue weighted by Gasteiger charge is -2.05. The molecule has 0 aliphatic carbocycles. The Labute approximate surface area is 129 Å². The van der Waals surface area contributed by atoms with Gasteiger partial charge in [-0.3, -0.25) is 0 Å². The number of sulfone groups is 1. The van der Waals surface area contributed by atoms with E-state index in [0.29, 0.717) is 5.75 Å². The molecule has 0 saturated heterocycles. The number of ether oxygens (including phenoxy) is 1. The number of hydrogen-bond donors (Lipinski definition) is 0. The minimum atomic E-state index is -3.23. The molecule has 3 aromatic rings. The van der Waals surface area contributed by atoms with E-state index in [4.69, 9.17) is 4.74 Å². The molecule has 0 aliphatic rings. The molecule has 22 heavy (non-hydrogen) atoms. The summed E-state index contributed by atoms with van der Waals surface area (Å²) in [7, 11) is -3.23. The van der Waals surface area contributed by atoms with E-state index in [2.05, 4.69) is 4.98 Å². The Morgan fingerprint density at radius 3 is 2.77 bits per heavy atom. The lowest BCUT2D eigenvalue weighted by Crippen LogP contribution is -1.99. The maximum absolute atomic E-state index is 11.5. The number of fused-ring (bicyclic) bond motifs is 1. The fourth-order valence-corrected chi connectivity index (χ4v) is 2.83. The van der Waals surface area contributed by atoms with E-state index >= 15 is 0 Å². The smallest absolute Gasteiger partial charge is 0.175 e. The quantitative estimate of drug-likeness (QED) is 0.742. The predicted octanol–water partition coefficient (Wildman–Crippen LogP) is 2.63. The van der Waals surface area contributed by atoms with E-state index in [1.165, 1.54) is 12.3 Å². The lowest BCUT2D eigenvalue weighted by atomic mass is 10.3. The highest BCUT2D eigenvalue weighted by Crippen LogP contribution is 2.18. The summed E-state index contributed by atoms with van der Waals surface area (Å²) in [6, 6.07) is 10.4. The monoisotopic (exact) mass is 316 g/mol. The SMILES string of the molecule is Cc1ccc2nc(COc3cccc(S(C)(=O)=O)c3)cn2c1. The van der Waals surface area contributed by atoms with Gasteiger partial charge in [0.25, 0.3) is 0 Å². The normalized spacial score (nSPS) is 11.7. The summed E-state index contributed by atoms with van der Waals surface area (Å²) in [5.74, 6) is 0.510. The van der Waals surface area contributed by atoms with Crippen LogP contribution < -0.4 is 4.74 Å². The molecule has 114 valence electrons. The van der Waals surface area contributed by atoms with Crippen LogP contribution in [0, 0.1) is 6.92 Å². The van der Waals surface area contributed by atoms with Gasteiger partial charge in [0.15, 0.2) is 9.84 Å². The number of aryl methyl sites for hydroxylation is 1. The van der Waals surface area contributed by atoms with Crippen LogP contribution in [-0.4, -0.2) is 24.1 Å². The van der Waals surface area contributed by atoms with Crippen LogP contribution in [0.3, 0.4) is 0 Å². The lowest BCUT2D eigenvalue weighted by molar-refractivity contribution is 0.301. The molecule has 0 aliphatic heterocycles. The third kappa shape index (κ3) is 3.12. The molecule has 2 heterocycles. The van der Waals surface area contributed by atoms with Crippen LogP contribution in [0.1, 0.15) is 11.3 Å². The summed E-state index contributed by atoms with van der Waals surface area (Å²) in [6.45, 7) is 2.31. The van der Waals surface area contributed by atoms with Crippen molar-refractivity contribution in [3.8, 4) is 5.75 Å². The molecule has 0 unspecified atom stereocenters. The molecule has 0 radical (unpaired) electrons.